The second-order valence-corrected chi connectivity index (χ2v) is 5.00. The molecule has 2 N–H and O–H groups in total. The van der Waals surface area contributed by atoms with Crippen LogP contribution in [-0.4, -0.2) is 36.5 Å². The first-order valence-corrected chi connectivity index (χ1v) is 7.23. The number of unbranched alkanes of at least 4 members (excludes halogenated alkanes) is 1. The number of benzene rings is 1. The van der Waals surface area contributed by atoms with Crippen molar-refractivity contribution in [3.05, 3.63) is 36.0 Å². The highest BCUT2D eigenvalue weighted by molar-refractivity contribution is 5.80. The third-order valence-corrected chi connectivity index (χ3v) is 3.45. The number of nitrogens with one attached hydrogen (secondary N) is 1. The van der Waals surface area contributed by atoms with Crippen LogP contribution in [0.1, 0.15) is 18.4 Å². The number of aryl methyl sites for hydroxylation is 1. The Hall–Kier alpha value is -1.36. The molecule has 0 bridgehead atoms. The summed E-state index contributed by atoms with van der Waals surface area (Å²) in [6.45, 7) is 3.72. The Morgan fingerprint density at radius 3 is 2.95 bits per heavy atom. The molecule has 4 heteroatoms. The van der Waals surface area contributed by atoms with Gasteiger partial charge in [-0.05, 0) is 42.0 Å². The number of hydrogen-bond donors (Lipinski definition) is 2. The molecule has 0 radical (unpaired) electrons. The minimum absolute atomic E-state index is 0.274. The van der Waals surface area contributed by atoms with Gasteiger partial charge in [0.25, 0.3) is 0 Å². The van der Waals surface area contributed by atoms with Gasteiger partial charge >= 0.3 is 0 Å². The Kier molecular flexibility index (Phi) is 6.05. The molecule has 0 saturated heterocycles. The lowest BCUT2D eigenvalue weighted by Gasteiger charge is -2.07. The van der Waals surface area contributed by atoms with Crippen molar-refractivity contribution < 1.29 is 9.84 Å². The number of methoxy groups -OCH3 is 1. The predicted octanol–water partition coefficient (Wildman–Crippen LogP) is 2.15. The van der Waals surface area contributed by atoms with Gasteiger partial charge in [-0.2, -0.15) is 0 Å². The van der Waals surface area contributed by atoms with Gasteiger partial charge < -0.3 is 19.7 Å². The van der Waals surface area contributed by atoms with Crippen LogP contribution < -0.4 is 5.32 Å². The second-order valence-electron chi connectivity index (χ2n) is 5.00. The van der Waals surface area contributed by atoms with E-state index in [-0.39, 0.29) is 6.61 Å². The number of rotatable bonds is 9. The summed E-state index contributed by atoms with van der Waals surface area (Å²) in [7, 11) is 1.72. The molecular formula is C16H24N2O2. The third kappa shape index (κ3) is 4.07. The van der Waals surface area contributed by atoms with Gasteiger partial charge in [0.2, 0.25) is 0 Å². The van der Waals surface area contributed by atoms with Crippen LogP contribution in [0.25, 0.3) is 10.9 Å². The maximum absolute atomic E-state index is 8.84. The first-order valence-electron chi connectivity index (χ1n) is 7.23. The molecule has 0 amide bonds. The monoisotopic (exact) mass is 276 g/mol. The molecule has 0 aliphatic rings. The van der Waals surface area contributed by atoms with E-state index >= 15 is 0 Å². The summed E-state index contributed by atoms with van der Waals surface area (Å²) in [4.78, 5) is 0. The van der Waals surface area contributed by atoms with Crippen LogP contribution in [0, 0.1) is 0 Å². The van der Waals surface area contributed by atoms with Gasteiger partial charge in [-0.25, -0.2) is 0 Å². The van der Waals surface area contributed by atoms with E-state index in [1.807, 2.05) is 0 Å². The van der Waals surface area contributed by atoms with Gasteiger partial charge in [0.1, 0.15) is 0 Å². The lowest BCUT2D eigenvalue weighted by atomic mass is 10.1. The number of hydrogen-bond acceptors (Lipinski definition) is 3. The first kappa shape index (κ1) is 15.0. The molecule has 0 aliphatic heterocycles. The van der Waals surface area contributed by atoms with E-state index in [1.54, 1.807) is 7.11 Å². The highest BCUT2D eigenvalue weighted by Crippen LogP contribution is 2.18. The molecule has 2 aromatic rings. The smallest absolute Gasteiger partial charge is 0.0587 e. The van der Waals surface area contributed by atoms with Crippen molar-refractivity contribution in [1.29, 1.82) is 0 Å². The summed E-state index contributed by atoms with van der Waals surface area (Å²) in [6, 6.07) is 8.75. The molecule has 0 saturated carbocycles. The summed E-state index contributed by atoms with van der Waals surface area (Å²) in [5.74, 6) is 0. The molecule has 4 nitrogen and oxygen atoms in total. The standard InChI is InChI=1S/C16H24N2O2/c1-20-11-7-17-13-14-4-5-16-15(12-14)6-9-18(16)8-2-3-10-19/h4-6,9,12,17,19H,2-3,7-8,10-11,13H2,1H3. The SMILES string of the molecule is COCCNCc1ccc2c(ccn2CCCCO)c1. The summed E-state index contributed by atoms with van der Waals surface area (Å²) >= 11 is 0. The molecule has 110 valence electrons. The van der Waals surface area contributed by atoms with Crippen LogP contribution in [-0.2, 0) is 17.8 Å². The van der Waals surface area contributed by atoms with Crippen LogP contribution in [0.2, 0.25) is 0 Å². The molecule has 1 aromatic heterocycles. The van der Waals surface area contributed by atoms with Crippen LogP contribution >= 0.6 is 0 Å². The zero-order valence-corrected chi connectivity index (χ0v) is 12.1. The second kappa shape index (κ2) is 8.04. The largest absolute Gasteiger partial charge is 0.396 e. The molecule has 20 heavy (non-hydrogen) atoms. The molecule has 0 unspecified atom stereocenters. The summed E-state index contributed by atoms with van der Waals surface area (Å²) in [5.41, 5.74) is 2.56. The minimum atomic E-state index is 0.274. The van der Waals surface area contributed by atoms with Gasteiger partial charge in [-0.1, -0.05) is 6.07 Å². The Balaban J connectivity index is 1.96. The van der Waals surface area contributed by atoms with Gasteiger partial charge in [0, 0.05) is 45.1 Å². The normalized spacial score (nSPS) is 11.3. The number of ether oxygens (including phenoxy) is 1. The van der Waals surface area contributed by atoms with E-state index in [9.17, 15) is 0 Å². The van der Waals surface area contributed by atoms with Gasteiger partial charge in [-0.3, -0.25) is 0 Å². The average molecular weight is 276 g/mol. The Morgan fingerprint density at radius 1 is 1.25 bits per heavy atom. The van der Waals surface area contributed by atoms with Crippen molar-refractivity contribution in [2.24, 2.45) is 0 Å². The summed E-state index contributed by atoms with van der Waals surface area (Å²) < 4.78 is 7.27. The summed E-state index contributed by atoms with van der Waals surface area (Å²) in [5, 5.41) is 13.5. The van der Waals surface area contributed by atoms with Crippen molar-refractivity contribution in [2.45, 2.75) is 25.9 Å². The highest BCUT2D eigenvalue weighted by atomic mass is 16.5. The number of fused-ring (bicyclic) bond motifs is 1. The fraction of sp³-hybridized carbons (Fsp3) is 0.500. The Labute approximate surface area is 120 Å². The quantitative estimate of drug-likeness (QED) is 0.690. The van der Waals surface area contributed by atoms with E-state index in [4.69, 9.17) is 9.84 Å². The average Bonchev–Trinajstić information content (AvgIpc) is 2.87. The zero-order valence-electron chi connectivity index (χ0n) is 12.1. The predicted molar refractivity (Wildman–Crippen MR) is 81.8 cm³/mol. The van der Waals surface area contributed by atoms with Crippen molar-refractivity contribution in [3.63, 3.8) is 0 Å². The van der Waals surface area contributed by atoms with Crippen LogP contribution in [0.3, 0.4) is 0 Å². The number of nitrogens with zero attached hydrogens (tertiary/aromatic N) is 1. The van der Waals surface area contributed by atoms with Crippen molar-refractivity contribution in [1.82, 2.24) is 9.88 Å². The topological polar surface area (TPSA) is 46.4 Å². The first-order chi connectivity index (χ1) is 9.85. The number of aromatic nitrogens is 1. The fourth-order valence-corrected chi connectivity index (χ4v) is 2.36. The van der Waals surface area contributed by atoms with Gasteiger partial charge in [0.05, 0.1) is 6.61 Å². The van der Waals surface area contributed by atoms with Gasteiger partial charge in [-0.15, -0.1) is 0 Å². The van der Waals surface area contributed by atoms with E-state index in [2.05, 4.69) is 40.3 Å². The molecule has 0 atom stereocenters. The highest BCUT2D eigenvalue weighted by Gasteiger charge is 2.02. The van der Waals surface area contributed by atoms with Gasteiger partial charge in [0.15, 0.2) is 0 Å². The Bertz CT molecular complexity index is 522. The molecular weight excluding hydrogens is 252 g/mol. The number of aliphatic hydroxyl groups excluding tert-OH is 1. The van der Waals surface area contributed by atoms with Crippen molar-refractivity contribution in [3.8, 4) is 0 Å². The Morgan fingerprint density at radius 2 is 2.15 bits per heavy atom. The van der Waals surface area contributed by atoms with Crippen LogP contribution in [0.5, 0.6) is 0 Å². The third-order valence-electron chi connectivity index (χ3n) is 3.45. The molecule has 0 aliphatic carbocycles. The van der Waals surface area contributed by atoms with Crippen molar-refractivity contribution in [2.75, 3.05) is 26.9 Å². The van der Waals surface area contributed by atoms with E-state index in [1.165, 1.54) is 16.5 Å². The van der Waals surface area contributed by atoms with E-state index < -0.39 is 0 Å². The zero-order chi connectivity index (χ0) is 14.2. The minimum Gasteiger partial charge on any atom is -0.396 e. The van der Waals surface area contributed by atoms with Crippen LogP contribution in [0.4, 0.5) is 0 Å². The molecule has 2 rings (SSSR count). The lowest BCUT2D eigenvalue weighted by Crippen LogP contribution is -2.18. The molecule has 0 spiro atoms. The van der Waals surface area contributed by atoms with E-state index in [0.29, 0.717) is 0 Å². The maximum atomic E-state index is 8.84. The lowest BCUT2D eigenvalue weighted by molar-refractivity contribution is 0.199. The van der Waals surface area contributed by atoms with E-state index in [0.717, 1.165) is 39.1 Å². The summed E-state index contributed by atoms with van der Waals surface area (Å²) in [6.07, 6.45) is 4.01. The van der Waals surface area contributed by atoms with Crippen LogP contribution in [0.15, 0.2) is 30.5 Å². The maximum Gasteiger partial charge on any atom is 0.0587 e. The number of aliphatic hydroxyl groups is 1. The fourth-order valence-electron chi connectivity index (χ4n) is 2.36. The molecule has 1 heterocycles. The molecule has 0 fully saturated rings. The molecule has 1 aromatic carbocycles. The van der Waals surface area contributed by atoms with Crippen molar-refractivity contribution >= 4 is 10.9 Å².